The Labute approximate surface area is 99.8 Å². The average Bonchev–Trinajstić information content (AvgIpc) is 2.84. The van der Waals surface area contributed by atoms with Gasteiger partial charge in [0.2, 0.25) is 5.78 Å². The Morgan fingerprint density at radius 1 is 1.29 bits per heavy atom. The molecule has 4 nitrogen and oxygen atoms in total. The fourth-order valence-corrected chi connectivity index (χ4v) is 1.71. The molecule has 0 spiro atoms. The summed E-state index contributed by atoms with van der Waals surface area (Å²) < 4.78 is 15.7. The third kappa shape index (κ3) is 2.15. The van der Waals surface area contributed by atoms with Crippen LogP contribution in [0.15, 0.2) is 42.5 Å². The molecule has 2 unspecified atom stereocenters. The standard InChI is InChI=1S/C13H14O4/c1-15-11-8-9-13(16-2,17-11)12(14)10-6-4-3-5-7-10/h3-9,11H,1-2H3. The molecule has 0 aromatic heterocycles. The van der Waals surface area contributed by atoms with Crippen LogP contribution in [-0.2, 0) is 14.2 Å². The molecule has 0 N–H and O–H groups in total. The van der Waals surface area contributed by atoms with Gasteiger partial charge in [-0.05, 0) is 12.2 Å². The number of hydrogen-bond donors (Lipinski definition) is 0. The zero-order valence-electron chi connectivity index (χ0n) is 9.75. The highest BCUT2D eigenvalue weighted by Gasteiger charge is 2.43. The zero-order chi connectivity index (χ0) is 12.3. The van der Waals surface area contributed by atoms with Crippen molar-refractivity contribution in [3.8, 4) is 0 Å². The molecular formula is C13H14O4. The van der Waals surface area contributed by atoms with E-state index in [-0.39, 0.29) is 5.78 Å². The summed E-state index contributed by atoms with van der Waals surface area (Å²) in [6.45, 7) is 0. The van der Waals surface area contributed by atoms with Crippen molar-refractivity contribution in [1.82, 2.24) is 0 Å². The Bertz CT molecular complexity index is 426. The molecule has 90 valence electrons. The maximum Gasteiger partial charge on any atom is 0.256 e. The van der Waals surface area contributed by atoms with Crippen LogP contribution in [0.5, 0.6) is 0 Å². The van der Waals surface area contributed by atoms with Crippen molar-refractivity contribution in [1.29, 1.82) is 0 Å². The summed E-state index contributed by atoms with van der Waals surface area (Å²) in [5, 5.41) is 0. The Kier molecular flexibility index (Phi) is 3.38. The summed E-state index contributed by atoms with van der Waals surface area (Å²) in [4.78, 5) is 12.3. The number of ether oxygens (including phenoxy) is 3. The summed E-state index contributed by atoms with van der Waals surface area (Å²) in [6.07, 6.45) is 2.68. The molecule has 0 fully saturated rings. The van der Waals surface area contributed by atoms with Crippen LogP contribution < -0.4 is 0 Å². The lowest BCUT2D eigenvalue weighted by molar-refractivity contribution is -0.214. The van der Waals surface area contributed by atoms with Gasteiger partial charge in [-0.2, -0.15) is 0 Å². The Morgan fingerprint density at radius 2 is 2.00 bits per heavy atom. The van der Waals surface area contributed by atoms with Crippen molar-refractivity contribution in [2.75, 3.05) is 14.2 Å². The number of benzene rings is 1. The molecule has 1 aromatic rings. The van der Waals surface area contributed by atoms with Crippen LogP contribution in [0.25, 0.3) is 0 Å². The average molecular weight is 234 g/mol. The second-order valence-corrected chi connectivity index (χ2v) is 3.65. The normalized spacial score (nSPS) is 27.3. The van der Waals surface area contributed by atoms with Gasteiger partial charge in [-0.1, -0.05) is 30.3 Å². The van der Waals surface area contributed by atoms with Crippen LogP contribution in [0.2, 0.25) is 0 Å². The molecule has 1 aliphatic rings. The molecule has 2 atom stereocenters. The lowest BCUT2D eigenvalue weighted by Crippen LogP contribution is -2.41. The van der Waals surface area contributed by atoms with Crippen LogP contribution in [0.1, 0.15) is 10.4 Å². The van der Waals surface area contributed by atoms with Gasteiger partial charge in [-0.25, -0.2) is 0 Å². The summed E-state index contributed by atoms with van der Waals surface area (Å²) in [5.74, 6) is -1.61. The Hall–Kier alpha value is -1.49. The van der Waals surface area contributed by atoms with Gasteiger partial charge in [0.1, 0.15) is 0 Å². The van der Waals surface area contributed by atoms with E-state index < -0.39 is 12.1 Å². The van der Waals surface area contributed by atoms with Crippen molar-refractivity contribution in [3.63, 3.8) is 0 Å². The fraction of sp³-hybridized carbons (Fsp3) is 0.308. The molecule has 17 heavy (non-hydrogen) atoms. The van der Waals surface area contributed by atoms with Crippen molar-refractivity contribution in [3.05, 3.63) is 48.0 Å². The Balaban J connectivity index is 2.26. The first-order valence-corrected chi connectivity index (χ1v) is 5.27. The van der Waals surface area contributed by atoms with Gasteiger partial charge >= 0.3 is 0 Å². The van der Waals surface area contributed by atoms with Crippen molar-refractivity contribution in [2.24, 2.45) is 0 Å². The second-order valence-electron chi connectivity index (χ2n) is 3.65. The summed E-state index contributed by atoms with van der Waals surface area (Å²) >= 11 is 0. The van der Waals surface area contributed by atoms with Gasteiger partial charge in [0.05, 0.1) is 0 Å². The highest BCUT2D eigenvalue weighted by molar-refractivity contribution is 6.03. The number of rotatable bonds is 4. The summed E-state index contributed by atoms with van der Waals surface area (Å²) in [7, 11) is 2.94. The molecule has 1 aromatic carbocycles. The lowest BCUT2D eigenvalue weighted by Gasteiger charge is -2.25. The first kappa shape index (κ1) is 12.0. The number of hydrogen-bond acceptors (Lipinski definition) is 4. The third-order valence-electron chi connectivity index (χ3n) is 2.65. The van der Waals surface area contributed by atoms with Gasteiger partial charge in [0.25, 0.3) is 5.79 Å². The minimum Gasteiger partial charge on any atom is -0.352 e. The van der Waals surface area contributed by atoms with Gasteiger partial charge in [0, 0.05) is 19.8 Å². The van der Waals surface area contributed by atoms with Gasteiger partial charge in [-0.3, -0.25) is 4.79 Å². The number of carbonyl (C=O) groups excluding carboxylic acids is 1. The molecule has 0 saturated carbocycles. The van der Waals surface area contributed by atoms with Gasteiger partial charge < -0.3 is 14.2 Å². The number of carbonyl (C=O) groups is 1. The van der Waals surface area contributed by atoms with E-state index in [2.05, 4.69) is 0 Å². The van der Waals surface area contributed by atoms with E-state index in [1.807, 2.05) is 6.07 Å². The van der Waals surface area contributed by atoms with Crippen molar-refractivity contribution in [2.45, 2.75) is 12.1 Å². The number of ketones is 1. The van der Waals surface area contributed by atoms with E-state index >= 15 is 0 Å². The molecule has 0 radical (unpaired) electrons. The molecule has 0 saturated heterocycles. The summed E-state index contributed by atoms with van der Waals surface area (Å²) in [5.41, 5.74) is 0.538. The lowest BCUT2D eigenvalue weighted by atomic mass is 10.0. The van der Waals surface area contributed by atoms with Crippen LogP contribution in [-0.4, -0.2) is 32.1 Å². The molecule has 0 amide bonds. The predicted octanol–water partition coefficient (Wildman–Crippen LogP) is 1.77. The smallest absolute Gasteiger partial charge is 0.256 e. The first-order chi connectivity index (χ1) is 8.22. The monoisotopic (exact) mass is 234 g/mol. The highest BCUT2D eigenvalue weighted by atomic mass is 16.8. The van der Waals surface area contributed by atoms with Crippen LogP contribution >= 0.6 is 0 Å². The van der Waals surface area contributed by atoms with E-state index in [4.69, 9.17) is 14.2 Å². The molecular weight excluding hydrogens is 220 g/mol. The topological polar surface area (TPSA) is 44.8 Å². The largest absolute Gasteiger partial charge is 0.352 e. The summed E-state index contributed by atoms with van der Waals surface area (Å²) in [6, 6.07) is 8.88. The number of Topliss-reactive ketones (excluding diaryl/α,β-unsaturated/α-hetero) is 1. The van der Waals surface area contributed by atoms with E-state index in [1.165, 1.54) is 14.2 Å². The van der Waals surface area contributed by atoms with Gasteiger partial charge in [0.15, 0.2) is 6.29 Å². The SMILES string of the molecule is COC1C=CC(OC)(C(=O)c2ccccc2)O1. The van der Waals surface area contributed by atoms with Crippen LogP contribution in [0, 0.1) is 0 Å². The minimum absolute atomic E-state index is 0.239. The molecule has 2 rings (SSSR count). The van der Waals surface area contributed by atoms with Crippen LogP contribution in [0.4, 0.5) is 0 Å². The highest BCUT2D eigenvalue weighted by Crippen LogP contribution is 2.28. The zero-order valence-corrected chi connectivity index (χ0v) is 9.75. The fourth-order valence-electron chi connectivity index (χ4n) is 1.71. The number of methoxy groups -OCH3 is 2. The molecule has 0 aliphatic carbocycles. The molecule has 1 heterocycles. The minimum atomic E-state index is -1.37. The molecule has 0 bridgehead atoms. The van der Waals surface area contributed by atoms with Crippen molar-refractivity contribution < 1.29 is 19.0 Å². The van der Waals surface area contributed by atoms with Crippen molar-refractivity contribution >= 4 is 5.78 Å². The maximum absolute atomic E-state index is 12.3. The predicted molar refractivity (Wildman–Crippen MR) is 61.5 cm³/mol. The van der Waals surface area contributed by atoms with E-state index in [0.29, 0.717) is 5.56 Å². The molecule has 4 heteroatoms. The van der Waals surface area contributed by atoms with E-state index in [0.717, 1.165) is 0 Å². The Morgan fingerprint density at radius 3 is 2.53 bits per heavy atom. The maximum atomic E-state index is 12.3. The van der Waals surface area contributed by atoms with Gasteiger partial charge in [-0.15, -0.1) is 0 Å². The molecule has 1 aliphatic heterocycles. The first-order valence-electron chi connectivity index (χ1n) is 5.27. The van der Waals surface area contributed by atoms with E-state index in [1.54, 1.807) is 36.4 Å². The van der Waals surface area contributed by atoms with E-state index in [9.17, 15) is 4.79 Å². The third-order valence-corrected chi connectivity index (χ3v) is 2.65. The van der Waals surface area contributed by atoms with Crippen LogP contribution in [0.3, 0.4) is 0 Å². The second kappa shape index (κ2) is 4.79. The quantitative estimate of drug-likeness (QED) is 0.588.